The zero-order valence-corrected chi connectivity index (χ0v) is 21.1. The minimum absolute atomic E-state index is 0.134. The quantitative estimate of drug-likeness (QED) is 0.379. The van der Waals surface area contributed by atoms with Crippen LogP contribution in [-0.2, 0) is 0 Å². The summed E-state index contributed by atoms with van der Waals surface area (Å²) in [5.74, 6) is 1.70. The lowest BCUT2D eigenvalue weighted by Gasteiger charge is -2.41. The molecule has 1 fully saturated rings. The number of likely N-dealkylation sites (tertiary alicyclic amines) is 1. The molecule has 34 heavy (non-hydrogen) atoms. The van der Waals surface area contributed by atoms with E-state index in [1.165, 1.54) is 0 Å². The van der Waals surface area contributed by atoms with E-state index in [2.05, 4.69) is 14.9 Å². The van der Waals surface area contributed by atoms with E-state index in [1.54, 1.807) is 25.1 Å². The molecule has 3 aromatic rings. The van der Waals surface area contributed by atoms with Crippen LogP contribution in [0.5, 0.6) is 5.75 Å². The number of pyridine rings is 2. The number of methoxy groups -OCH3 is 1. The number of piperidine rings is 1. The minimum Gasteiger partial charge on any atom is -0.497 e. The van der Waals surface area contributed by atoms with E-state index in [1.807, 2.05) is 42.6 Å². The van der Waals surface area contributed by atoms with Crippen LogP contribution < -0.4 is 4.74 Å². The van der Waals surface area contributed by atoms with Gasteiger partial charge in [0.1, 0.15) is 5.75 Å². The van der Waals surface area contributed by atoms with Crippen LogP contribution in [0.2, 0.25) is 5.02 Å². The van der Waals surface area contributed by atoms with Gasteiger partial charge in [-0.25, -0.2) is 4.98 Å². The van der Waals surface area contributed by atoms with Crippen molar-refractivity contribution in [2.45, 2.75) is 36.8 Å². The second-order valence-electron chi connectivity index (χ2n) is 8.97. The van der Waals surface area contributed by atoms with E-state index in [4.69, 9.17) is 16.3 Å². The molecular formula is C26H32ClN3O3S. The molecule has 2 N–H and O–H groups in total. The van der Waals surface area contributed by atoms with Crippen LogP contribution in [0.1, 0.15) is 37.4 Å². The molecule has 4 rings (SSSR count). The Bertz CT molecular complexity index is 1080. The highest BCUT2D eigenvalue weighted by Gasteiger charge is 2.34. The molecular weight excluding hydrogens is 470 g/mol. The summed E-state index contributed by atoms with van der Waals surface area (Å²) in [7, 11) is 1.61. The van der Waals surface area contributed by atoms with Gasteiger partial charge in [0.15, 0.2) is 0 Å². The Kier molecular flexibility index (Phi) is 8.66. The number of hydrogen-bond donors (Lipinski definition) is 2. The molecule has 0 spiro atoms. The van der Waals surface area contributed by atoms with Crippen molar-refractivity contribution >= 4 is 34.3 Å². The fourth-order valence-electron chi connectivity index (χ4n) is 4.67. The average molecular weight is 502 g/mol. The third-order valence-electron chi connectivity index (χ3n) is 6.90. The first-order valence-electron chi connectivity index (χ1n) is 11.7. The Balaban J connectivity index is 1.34. The van der Waals surface area contributed by atoms with Gasteiger partial charge in [-0.1, -0.05) is 17.7 Å². The predicted octanol–water partition coefficient (Wildman–Crippen LogP) is 4.97. The SMILES string of the molecule is COc1ccc2ncc(Cl)c(C(O)CCC3(CO)CCN(CCSc4ccccn4)CC3)c2c1. The Labute approximate surface area is 210 Å². The van der Waals surface area contributed by atoms with Gasteiger partial charge in [-0.2, -0.15) is 0 Å². The van der Waals surface area contributed by atoms with Crippen LogP contribution in [0, 0.1) is 5.41 Å². The average Bonchev–Trinajstić information content (AvgIpc) is 2.88. The van der Waals surface area contributed by atoms with Gasteiger partial charge < -0.3 is 19.8 Å². The molecule has 1 aliphatic heterocycles. The van der Waals surface area contributed by atoms with Crippen LogP contribution in [0.15, 0.2) is 53.8 Å². The fourth-order valence-corrected chi connectivity index (χ4v) is 5.82. The first-order chi connectivity index (χ1) is 16.5. The largest absolute Gasteiger partial charge is 0.497 e. The van der Waals surface area contributed by atoms with Crippen molar-refractivity contribution < 1.29 is 14.9 Å². The lowest BCUT2D eigenvalue weighted by molar-refractivity contribution is 0.0254. The number of benzene rings is 1. The molecule has 0 radical (unpaired) electrons. The maximum Gasteiger partial charge on any atom is 0.119 e. The molecule has 2 aromatic heterocycles. The van der Waals surface area contributed by atoms with Crippen molar-refractivity contribution in [2.24, 2.45) is 5.41 Å². The molecule has 1 aromatic carbocycles. The molecule has 8 heteroatoms. The smallest absolute Gasteiger partial charge is 0.119 e. The summed E-state index contributed by atoms with van der Waals surface area (Å²) >= 11 is 8.24. The Hall–Kier alpha value is -1.90. The topological polar surface area (TPSA) is 78.7 Å². The van der Waals surface area contributed by atoms with Gasteiger partial charge in [-0.3, -0.25) is 4.98 Å². The van der Waals surface area contributed by atoms with E-state index in [-0.39, 0.29) is 12.0 Å². The highest BCUT2D eigenvalue weighted by molar-refractivity contribution is 7.99. The zero-order valence-electron chi connectivity index (χ0n) is 19.5. The fraction of sp³-hybridized carbons (Fsp3) is 0.462. The summed E-state index contributed by atoms with van der Waals surface area (Å²) in [5.41, 5.74) is 1.29. The van der Waals surface area contributed by atoms with E-state index in [0.717, 1.165) is 60.6 Å². The predicted molar refractivity (Wildman–Crippen MR) is 138 cm³/mol. The van der Waals surface area contributed by atoms with Crippen LogP contribution in [0.4, 0.5) is 0 Å². The molecule has 1 atom stereocenters. The number of ether oxygens (including phenoxy) is 1. The lowest BCUT2D eigenvalue weighted by atomic mass is 9.74. The standard InChI is InChI=1S/C26H32ClN3O3S/c1-33-19-5-6-22-20(16-19)25(21(27)17-29-22)23(32)7-8-26(18-31)9-12-30(13-10-26)14-15-34-24-4-2-3-11-28-24/h2-6,11,16-17,23,31-32H,7-10,12-15,18H2,1H3. The first kappa shape index (κ1) is 25.2. The van der Waals surface area contributed by atoms with Gasteiger partial charge in [0.25, 0.3) is 0 Å². The monoisotopic (exact) mass is 501 g/mol. The molecule has 182 valence electrons. The summed E-state index contributed by atoms with van der Waals surface area (Å²) in [6.07, 6.45) is 5.80. The Morgan fingerprint density at radius 3 is 2.74 bits per heavy atom. The molecule has 0 saturated carbocycles. The second-order valence-corrected chi connectivity index (χ2v) is 10.5. The van der Waals surface area contributed by atoms with Crippen molar-refractivity contribution in [1.29, 1.82) is 0 Å². The minimum atomic E-state index is -0.735. The maximum atomic E-state index is 11.1. The number of aromatic nitrogens is 2. The van der Waals surface area contributed by atoms with E-state index < -0.39 is 6.10 Å². The number of hydrogen-bond acceptors (Lipinski definition) is 7. The normalized spacial score (nSPS) is 17.1. The number of aliphatic hydroxyl groups is 2. The summed E-state index contributed by atoms with van der Waals surface area (Å²) in [6, 6.07) is 11.6. The van der Waals surface area contributed by atoms with E-state index in [0.29, 0.717) is 22.8 Å². The molecule has 0 aliphatic carbocycles. The zero-order chi connectivity index (χ0) is 24.0. The molecule has 0 bridgehead atoms. The molecule has 6 nitrogen and oxygen atoms in total. The first-order valence-corrected chi connectivity index (χ1v) is 13.1. The van der Waals surface area contributed by atoms with Crippen LogP contribution in [-0.4, -0.2) is 64.2 Å². The van der Waals surface area contributed by atoms with Gasteiger partial charge in [-0.15, -0.1) is 11.8 Å². The summed E-state index contributed by atoms with van der Waals surface area (Å²) < 4.78 is 5.35. The number of aliphatic hydroxyl groups excluding tert-OH is 2. The van der Waals surface area contributed by atoms with Crippen LogP contribution in [0.3, 0.4) is 0 Å². The van der Waals surface area contributed by atoms with Gasteiger partial charge in [0.2, 0.25) is 0 Å². The molecule has 1 saturated heterocycles. The Morgan fingerprint density at radius 2 is 2.03 bits per heavy atom. The van der Waals surface area contributed by atoms with Crippen LogP contribution in [0.25, 0.3) is 10.9 Å². The van der Waals surface area contributed by atoms with Crippen molar-refractivity contribution in [3.05, 3.63) is 59.4 Å². The summed E-state index contributed by atoms with van der Waals surface area (Å²) in [6.45, 7) is 3.05. The number of rotatable bonds is 10. The molecule has 3 heterocycles. The lowest BCUT2D eigenvalue weighted by Crippen LogP contribution is -2.43. The van der Waals surface area contributed by atoms with Gasteiger partial charge in [0, 0.05) is 42.2 Å². The second kappa shape index (κ2) is 11.7. The third kappa shape index (κ3) is 6.01. The number of nitrogens with zero attached hydrogens (tertiary/aromatic N) is 3. The molecule has 1 unspecified atom stereocenters. The summed E-state index contributed by atoms with van der Waals surface area (Å²) in [4.78, 5) is 11.2. The van der Waals surface area contributed by atoms with Gasteiger partial charge in [-0.05, 0) is 74.5 Å². The van der Waals surface area contributed by atoms with Crippen molar-refractivity contribution in [3.8, 4) is 5.75 Å². The molecule has 1 aliphatic rings. The maximum absolute atomic E-state index is 11.1. The molecule has 0 amide bonds. The van der Waals surface area contributed by atoms with Crippen molar-refractivity contribution in [3.63, 3.8) is 0 Å². The number of thioether (sulfide) groups is 1. The van der Waals surface area contributed by atoms with Crippen LogP contribution >= 0.6 is 23.4 Å². The van der Waals surface area contributed by atoms with Gasteiger partial charge >= 0.3 is 0 Å². The highest BCUT2D eigenvalue weighted by Crippen LogP contribution is 2.40. The third-order valence-corrected chi connectivity index (χ3v) is 8.12. The van der Waals surface area contributed by atoms with E-state index >= 15 is 0 Å². The number of halogens is 1. The highest BCUT2D eigenvalue weighted by atomic mass is 35.5. The Morgan fingerprint density at radius 1 is 1.21 bits per heavy atom. The number of fused-ring (bicyclic) bond motifs is 1. The van der Waals surface area contributed by atoms with Crippen molar-refractivity contribution in [2.75, 3.05) is 39.1 Å². The van der Waals surface area contributed by atoms with Crippen molar-refractivity contribution in [1.82, 2.24) is 14.9 Å². The van der Waals surface area contributed by atoms with E-state index in [9.17, 15) is 10.2 Å². The van der Waals surface area contributed by atoms with Gasteiger partial charge in [0.05, 0.1) is 28.8 Å². The summed E-state index contributed by atoms with van der Waals surface area (Å²) in [5, 5.41) is 23.7.